The molecule has 0 aliphatic rings. The molecule has 0 amide bonds. The molecule has 0 aliphatic heterocycles. The lowest BCUT2D eigenvalue weighted by Gasteiger charge is -2.13. The van der Waals surface area contributed by atoms with Gasteiger partial charge in [0.2, 0.25) is 10.0 Å². The highest BCUT2D eigenvalue weighted by Crippen LogP contribution is 2.16. The minimum atomic E-state index is -3.58. The van der Waals surface area contributed by atoms with Crippen LogP contribution in [-0.4, -0.2) is 19.3 Å². The Labute approximate surface area is 112 Å². The smallest absolute Gasteiger partial charge is 0.235 e. The normalized spacial score (nSPS) is 12.9. The summed E-state index contributed by atoms with van der Waals surface area (Å²) in [6.45, 7) is 0. The number of aliphatic hydroxyl groups excluding tert-OH is 1. The Morgan fingerprint density at radius 2 is 1.47 bits per heavy atom. The number of nitrogens with one attached hydrogen (secondary N) is 1. The molecule has 0 fully saturated rings. The molecule has 0 radical (unpaired) electrons. The summed E-state index contributed by atoms with van der Waals surface area (Å²) in [5, 5.41) is 9.91. The lowest BCUT2D eigenvalue weighted by Crippen LogP contribution is -2.21. The van der Waals surface area contributed by atoms with Gasteiger partial charge in [-0.3, -0.25) is 4.72 Å². The van der Waals surface area contributed by atoms with E-state index in [4.69, 9.17) is 0 Å². The second-order valence-corrected chi connectivity index (χ2v) is 5.94. The Kier molecular flexibility index (Phi) is 4.19. The number of rotatable bonds is 5. The zero-order valence-electron chi connectivity index (χ0n) is 10.2. The molecule has 2 aromatic rings. The molecule has 0 aliphatic carbocycles. The second-order valence-electron chi connectivity index (χ2n) is 4.18. The number of sulfonamides is 1. The first-order chi connectivity index (χ1) is 9.07. The largest absolute Gasteiger partial charge is 0.387 e. The van der Waals surface area contributed by atoms with Gasteiger partial charge in [-0.05, 0) is 17.7 Å². The third-order valence-electron chi connectivity index (χ3n) is 2.61. The van der Waals surface area contributed by atoms with Gasteiger partial charge in [0, 0.05) is 5.69 Å². The Bertz CT molecular complexity index is 612. The van der Waals surface area contributed by atoms with Crippen molar-refractivity contribution >= 4 is 15.7 Å². The van der Waals surface area contributed by atoms with Gasteiger partial charge in [0.25, 0.3) is 0 Å². The molecule has 0 spiro atoms. The van der Waals surface area contributed by atoms with Gasteiger partial charge in [0.1, 0.15) is 0 Å². The zero-order chi connectivity index (χ0) is 13.7. The number of hydrogen-bond donors (Lipinski definition) is 2. The van der Waals surface area contributed by atoms with Crippen LogP contribution in [0, 0.1) is 0 Å². The highest BCUT2D eigenvalue weighted by Gasteiger charge is 2.18. The number of benzene rings is 2. The Hall–Kier alpha value is -1.85. The van der Waals surface area contributed by atoms with E-state index in [1.807, 2.05) is 6.07 Å². The molecule has 1 atom stereocenters. The number of para-hydroxylation sites is 1. The molecule has 0 aromatic heterocycles. The van der Waals surface area contributed by atoms with E-state index >= 15 is 0 Å². The van der Waals surface area contributed by atoms with Crippen LogP contribution < -0.4 is 4.72 Å². The summed E-state index contributed by atoms with van der Waals surface area (Å²) in [7, 11) is -3.58. The van der Waals surface area contributed by atoms with Crippen molar-refractivity contribution in [2.24, 2.45) is 0 Å². The maximum atomic E-state index is 11.9. The fourth-order valence-corrected chi connectivity index (χ4v) is 2.89. The lowest BCUT2D eigenvalue weighted by molar-refractivity contribution is 0.202. The van der Waals surface area contributed by atoms with Crippen LogP contribution >= 0.6 is 0 Å². The van der Waals surface area contributed by atoms with Gasteiger partial charge in [0.15, 0.2) is 0 Å². The molecular weight excluding hydrogens is 262 g/mol. The molecule has 0 bridgehead atoms. The standard InChI is InChI=1S/C14H15NO3S/c16-14(12-7-3-1-4-8-12)11-19(17,18)15-13-9-5-2-6-10-13/h1-10,14-16H,11H2. The van der Waals surface area contributed by atoms with Crippen LogP contribution in [0.5, 0.6) is 0 Å². The molecular formula is C14H15NO3S. The number of aliphatic hydroxyl groups is 1. The minimum absolute atomic E-state index is 0.369. The first-order valence-electron chi connectivity index (χ1n) is 5.85. The summed E-state index contributed by atoms with van der Waals surface area (Å²) in [6, 6.07) is 17.3. The SMILES string of the molecule is O=S(=O)(CC(O)c1ccccc1)Nc1ccccc1. The van der Waals surface area contributed by atoms with Gasteiger partial charge in [-0.2, -0.15) is 0 Å². The van der Waals surface area contributed by atoms with Crippen molar-refractivity contribution < 1.29 is 13.5 Å². The summed E-state index contributed by atoms with van der Waals surface area (Å²) in [5.41, 5.74) is 1.07. The number of hydrogen-bond acceptors (Lipinski definition) is 3. The van der Waals surface area contributed by atoms with Crippen LogP contribution in [0.1, 0.15) is 11.7 Å². The summed E-state index contributed by atoms with van der Waals surface area (Å²) >= 11 is 0. The summed E-state index contributed by atoms with van der Waals surface area (Å²) in [5.74, 6) is -0.369. The van der Waals surface area contributed by atoms with E-state index in [1.165, 1.54) is 0 Å². The molecule has 2 aromatic carbocycles. The predicted molar refractivity (Wildman–Crippen MR) is 75.3 cm³/mol. The maximum absolute atomic E-state index is 11.9. The van der Waals surface area contributed by atoms with Gasteiger partial charge >= 0.3 is 0 Å². The summed E-state index contributed by atoms with van der Waals surface area (Å²) in [4.78, 5) is 0. The fraction of sp³-hybridized carbons (Fsp3) is 0.143. The van der Waals surface area contributed by atoms with E-state index in [9.17, 15) is 13.5 Å². The van der Waals surface area contributed by atoms with Crippen molar-refractivity contribution in [2.45, 2.75) is 6.10 Å². The average Bonchev–Trinajstić information content (AvgIpc) is 2.39. The van der Waals surface area contributed by atoms with Crippen molar-refractivity contribution in [3.05, 3.63) is 66.2 Å². The minimum Gasteiger partial charge on any atom is -0.387 e. The van der Waals surface area contributed by atoms with Crippen LogP contribution in [0.15, 0.2) is 60.7 Å². The molecule has 19 heavy (non-hydrogen) atoms. The van der Waals surface area contributed by atoms with Crippen molar-refractivity contribution in [2.75, 3.05) is 10.5 Å². The predicted octanol–water partition coefficient (Wildman–Crippen LogP) is 2.16. The van der Waals surface area contributed by atoms with E-state index in [0.717, 1.165) is 0 Å². The summed E-state index contributed by atoms with van der Waals surface area (Å²) < 4.78 is 26.3. The quantitative estimate of drug-likeness (QED) is 0.880. The maximum Gasteiger partial charge on any atom is 0.235 e. The topological polar surface area (TPSA) is 66.4 Å². The van der Waals surface area contributed by atoms with Gasteiger partial charge in [-0.25, -0.2) is 8.42 Å². The molecule has 0 saturated carbocycles. The summed E-state index contributed by atoms with van der Waals surface area (Å²) in [6.07, 6.45) is -1.04. The average molecular weight is 277 g/mol. The van der Waals surface area contributed by atoms with E-state index in [2.05, 4.69) is 4.72 Å². The van der Waals surface area contributed by atoms with Crippen LogP contribution in [0.25, 0.3) is 0 Å². The molecule has 2 rings (SSSR count). The first-order valence-corrected chi connectivity index (χ1v) is 7.50. The zero-order valence-corrected chi connectivity index (χ0v) is 11.0. The third-order valence-corrected chi connectivity index (χ3v) is 3.91. The molecule has 0 heterocycles. The molecule has 5 heteroatoms. The monoisotopic (exact) mass is 277 g/mol. The van der Waals surface area contributed by atoms with Crippen molar-refractivity contribution in [1.29, 1.82) is 0 Å². The molecule has 100 valence electrons. The van der Waals surface area contributed by atoms with E-state index < -0.39 is 16.1 Å². The van der Waals surface area contributed by atoms with Gasteiger partial charge in [-0.1, -0.05) is 48.5 Å². The Morgan fingerprint density at radius 3 is 2.05 bits per heavy atom. The number of anilines is 1. The van der Waals surface area contributed by atoms with Crippen molar-refractivity contribution in [3.8, 4) is 0 Å². The van der Waals surface area contributed by atoms with Crippen LogP contribution in [0.3, 0.4) is 0 Å². The van der Waals surface area contributed by atoms with Gasteiger partial charge < -0.3 is 5.11 Å². The second kappa shape index (κ2) is 5.86. The third kappa shape index (κ3) is 4.08. The van der Waals surface area contributed by atoms with E-state index in [1.54, 1.807) is 54.6 Å². The highest BCUT2D eigenvalue weighted by atomic mass is 32.2. The Morgan fingerprint density at radius 1 is 0.947 bits per heavy atom. The van der Waals surface area contributed by atoms with Crippen molar-refractivity contribution in [3.63, 3.8) is 0 Å². The molecule has 2 N–H and O–H groups in total. The van der Waals surface area contributed by atoms with E-state index in [0.29, 0.717) is 11.3 Å². The van der Waals surface area contributed by atoms with Crippen LogP contribution in [0.2, 0.25) is 0 Å². The molecule has 1 unspecified atom stereocenters. The van der Waals surface area contributed by atoms with E-state index in [-0.39, 0.29) is 5.75 Å². The first kappa shape index (κ1) is 13.6. The van der Waals surface area contributed by atoms with Crippen LogP contribution in [0.4, 0.5) is 5.69 Å². The molecule has 4 nitrogen and oxygen atoms in total. The fourth-order valence-electron chi connectivity index (χ4n) is 1.71. The van der Waals surface area contributed by atoms with Gasteiger partial charge in [-0.15, -0.1) is 0 Å². The Balaban J connectivity index is 2.06. The van der Waals surface area contributed by atoms with Gasteiger partial charge in [0.05, 0.1) is 11.9 Å². The van der Waals surface area contributed by atoms with Crippen LogP contribution in [-0.2, 0) is 10.0 Å². The highest BCUT2D eigenvalue weighted by molar-refractivity contribution is 7.92. The van der Waals surface area contributed by atoms with Crippen molar-refractivity contribution in [1.82, 2.24) is 0 Å². The molecule has 0 saturated heterocycles. The lowest BCUT2D eigenvalue weighted by atomic mass is 10.1.